The van der Waals surface area contributed by atoms with Crippen LogP contribution in [0, 0.1) is 0 Å². The van der Waals surface area contributed by atoms with Gasteiger partial charge in [-0.1, -0.05) is 82.7 Å². The van der Waals surface area contributed by atoms with Crippen molar-refractivity contribution in [1.29, 1.82) is 0 Å². The topological polar surface area (TPSA) is 43.6 Å². The zero-order chi connectivity index (χ0) is 25.6. The Labute approximate surface area is 225 Å². The van der Waals surface area contributed by atoms with Gasteiger partial charge in [-0.2, -0.15) is 0 Å². The molecule has 0 fully saturated rings. The lowest BCUT2D eigenvalue weighted by molar-refractivity contribution is 0.0526. The normalized spacial score (nSPS) is 11.1. The first-order valence-corrected chi connectivity index (χ1v) is 12.9. The van der Waals surface area contributed by atoms with Crippen LogP contribution in [-0.2, 0) is 4.74 Å². The van der Waals surface area contributed by atoms with Crippen molar-refractivity contribution in [2.45, 2.75) is 6.92 Å². The predicted molar refractivity (Wildman–Crippen MR) is 154 cm³/mol. The van der Waals surface area contributed by atoms with E-state index in [1.165, 1.54) is 0 Å². The van der Waals surface area contributed by atoms with Crippen LogP contribution >= 0.6 is 15.9 Å². The summed E-state index contributed by atoms with van der Waals surface area (Å²) in [5.74, 6) is -0.324. The first-order valence-electron chi connectivity index (χ1n) is 12.1. The van der Waals surface area contributed by atoms with Crippen LogP contribution < -0.4 is 0 Å². The molecule has 5 aromatic rings. The van der Waals surface area contributed by atoms with Gasteiger partial charge in [0, 0.05) is 21.9 Å². The number of aromatic nitrogens is 1. The minimum absolute atomic E-state index is 0.324. The average Bonchev–Trinajstić information content (AvgIpc) is 3.33. The van der Waals surface area contributed by atoms with Gasteiger partial charge in [0.2, 0.25) is 0 Å². The molecule has 0 bridgehead atoms. The molecule has 1 aromatic heterocycles. The molecule has 5 rings (SSSR count). The number of benzene rings is 4. The molecular weight excluding hydrogens is 524 g/mol. The van der Waals surface area contributed by atoms with Crippen molar-refractivity contribution in [3.05, 3.63) is 131 Å². The highest BCUT2D eigenvalue weighted by Crippen LogP contribution is 2.36. The van der Waals surface area contributed by atoms with Crippen LogP contribution in [0.5, 0.6) is 0 Å². The van der Waals surface area contributed by atoms with Crippen LogP contribution in [0.4, 0.5) is 5.69 Å². The number of ether oxygens (including phenoxy) is 1. The molecule has 0 spiro atoms. The summed E-state index contributed by atoms with van der Waals surface area (Å²) < 4.78 is 8.38. The number of aliphatic imine (C=N–C) groups is 1. The standard InChI is InChI=1S/C32H25BrN2O2/c1-2-37-32(36)25-16-18-29(19-17-25)35-30(23-10-5-3-6-11-23)20-26(31(35)24-12-7-4-8-13-24)22-34-28-15-9-14-27(33)21-28/h3-22H,2H2,1H3. The second kappa shape index (κ2) is 11.2. The smallest absolute Gasteiger partial charge is 0.338 e. The van der Waals surface area contributed by atoms with Gasteiger partial charge in [0.25, 0.3) is 0 Å². The SMILES string of the molecule is CCOC(=O)c1ccc(-n2c(-c3ccccc3)cc(C=Nc3cccc(Br)c3)c2-c2ccccc2)cc1. The lowest BCUT2D eigenvalue weighted by Gasteiger charge is -2.15. The fraction of sp³-hybridized carbons (Fsp3) is 0.0625. The van der Waals surface area contributed by atoms with Crippen molar-refractivity contribution in [3.63, 3.8) is 0 Å². The third-order valence-electron chi connectivity index (χ3n) is 5.94. The molecule has 0 aliphatic heterocycles. The second-order valence-electron chi connectivity index (χ2n) is 8.41. The highest BCUT2D eigenvalue weighted by molar-refractivity contribution is 9.10. The molecule has 0 aliphatic rings. The molecular formula is C32H25BrN2O2. The van der Waals surface area contributed by atoms with E-state index in [9.17, 15) is 4.79 Å². The highest BCUT2D eigenvalue weighted by atomic mass is 79.9. The molecule has 0 saturated carbocycles. The molecule has 0 radical (unpaired) electrons. The lowest BCUT2D eigenvalue weighted by Crippen LogP contribution is -2.05. The first-order chi connectivity index (χ1) is 18.1. The van der Waals surface area contributed by atoms with Crippen molar-refractivity contribution in [1.82, 2.24) is 4.57 Å². The summed E-state index contributed by atoms with van der Waals surface area (Å²) in [6.45, 7) is 2.15. The molecule has 5 heteroatoms. The van der Waals surface area contributed by atoms with Crippen molar-refractivity contribution in [2.75, 3.05) is 6.61 Å². The Balaban J connectivity index is 1.72. The van der Waals surface area contributed by atoms with Gasteiger partial charge in [-0.25, -0.2) is 4.79 Å². The summed E-state index contributed by atoms with van der Waals surface area (Å²) in [5, 5.41) is 0. The predicted octanol–water partition coefficient (Wildman–Crippen LogP) is 8.50. The Bertz CT molecular complexity index is 1540. The maximum Gasteiger partial charge on any atom is 0.338 e. The Morgan fingerprint density at radius 2 is 1.51 bits per heavy atom. The number of carbonyl (C=O) groups is 1. The third kappa shape index (κ3) is 5.47. The highest BCUT2D eigenvalue weighted by Gasteiger charge is 2.19. The maximum atomic E-state index is 12.3. The van der Waals surface area contributed by atoms with E-state index in [1.807, 2.05) is 98.1 Å². The molecule has 0 amide bonds. The van der Waals surface area contributed by atoms with E-state index in [0.29, 0.717) is 12.2 Å². The van der Waals surface area contributed by atoms with Gasteiger partial charge in [0.15, 0.2) is 0 Å². The fourth-order valence-corrected chi connectivity index (χ4v) is 4.66. The van der Waals surface area contributed by atoms with E-state index in [4.69, 9.17) is 9.73 Å². The number of esters is 1. The number of rotatable bonds is 7. The van der Waals surface area contributed by atoms with E-state index in [2.05, 4.69) is 50.8 Å². The van der Waals surface area contributed by atoms with E-state index in [-0.39, 0.29) is 5.97 Å². The Morgan fingerprint density at radius 1 is 0.838 bits per heavy atom. The van der Waals surface area contributed by atoms with Gasteiger partial charge in [-0.3, -0.25) is 4.99 Å². The van der Waals surface area contributed by atoms with Gasteiger partial charge in [0.1, 0.15) is 0 Å². The lowest BCUT2D eigenvalue weighted by atomic mass is 10.1. The summed E-state index contributed by atoms with van der Waals surface area (Å²) in [6.07, 6.45) is 1.92. The van der Waals surface area contributed by atoms with Crippen LogP contribution in [0.25, 0.3) is 28.2 Å². The van der Waals surface area contributed by atoms with Crippen LogP contribution in [0.1, 0.15) is 22.8 Å². The quantitative estimate of drug-likeness (QED) is 0.151. The third-order valence-corrected chi connectivity index (χ3v) is 6.44. The summed E-state index contributed by atoms with van der Waals surface area (Å²) in [6, 6.07) is 38.2. The van der Waals surface area contributed by atoms with E-state index in [1.54, 1.807) is 0 Å². The molecule has 4 aromatic carbocycles. The molecule has 0 saturated heterocycles. The Kier molecular flexibility index (Phi) is 7.43. The zero-order valence-corrected chi connectivity index (χ0v) is 21.9. The van der Waals surface area contributed by atoms with Crippen LogP contribution in [-0.4, -0.2) is 23.4 Å². The van der Waals surface area contributed by atoms with Crippen molar-refractivity contribution >= 4 is 33.8 Å². The molecule has 0 aliphatic carbocycles. The summed E-state index contributed by atoms with van der Waals surface area (Å²) in [7, 11) is 0. The molecule has 4 nitrogen and oxygen atoms in total. The van der Waals surface area contributed by atoms with Crippen LogP contribution in [0.2, 0.25) is 0 Å². The maximum absolute atomic E-state index is 12.3. The first kappa shape index (κ1) is 24.5. The largest absolute Gasteiger partial charge is 0.462 e. The van der Waals surface area contributed by atoms with Gasteiger partial charge in [0.05, 0.1) is 29.2 Å². The number of halogens is 1. The van der Waals surface area contributed by atoms with E-state index >= 15 is 0 Å². The minimum atomic E-state index is -0.324. The van der Waals surface area contributed by atoms with Crippen molar-refractivity contribution < 1.29 is 9.53 Å². The van der Waals surface area contributed by atoms with Crippen molar-refractivity contribution in [3.8, 4) is 28.2 Å². The van der Waals surface area contributed by atoms with Gasteiger partial charge in [-0.15, -0.1) is 0 Å². The summed E-state index contributed by atoms with van der Waals surface area (Å²) >= 11 is 3.53. The Hall–Kier alpha value is -4.22. The van der Waals surface area contributed by atoms with Crippen LogP contribution in [0.3, 0.4) is 0 Å². The number of carbonyl (C=O) groups excluding carboxylic acids is 1. The zero-order valence-electron chi connectivity index (χ0n) is 20.3. The second-order valence-corrected chi connectivity index (χ2v) is 9.32. The van der Waals surface area contributed by atoms with Gasteiger partial charge >= 0.3 is 5.97 Å². The molecule has 182 valence electrons. The minimum Gasteiger partial charge on any atom is -0.462 e. The van der Waals surface area contributed by atoms with Gasteiger partial charge in [-0.05, 0) is 66.6 Å². The Morgan fingerprint density at radius 3 is 2.16 bits per heavy atom. The van der Waals surface area contributed by atoms with E-state index in [0.717, 1.165) is 43.9 Å². The number of nitrogens with zero attached hydrogens (tertiary/aromatic N) is 2. The average molecular weight is 549 g/mol. The molecule has 37 heavy (non-hydrogen) atoms. The number of hydrogen-bond acceptors (Lipinski definition) is 3. The monoisotopic (exact) mass is 548 g/mol. The van der Waals surface area contributed by atoms with Crippen LogP contribution in [0.15, 0.2) is 125 Å². The molecule has 0 unspecified atom stereocenters. The summed E-state index contributed by atoms with van der Waals surface area (Å²) in [4.78, 5) is 17.1. The summed E-state index contributed by atoms with van der Waals surface area (Å²) in [5.41, 5.74) is 7.50. The van der Waals surface area contributed by atoms with Crippen molar-refractivity contribution in [2.24, 2.45) is 4.99 Å². The molecule has 1 heterocycles. The number of hydrogen-bond donors (Lipinski definition) is 0. The molecule has 0 N–H and O–H groups in total. The van der Waals surface area contributed by atoms with E-state index < -0.39 is 0 Å². The molecule has 0 atom stereocenters. The van der Waals surface area contributed by atoms with Gasteiger partial charge < -0.3 is 9.30 Å². The fourth-order valence-electron chi connectivity index (χ4n) is 4.27.